The number of nitrogens with one attached hydrogen (secondary N) is 1. The highest BCUT2D eigenvalue weighted by Crippen LogP contribution is 1.96. The summed E-state index contributed by atoms with van der Waals surface area (Å²) in [6.45, 7) is 4.01. The SMILES string of the molecule is CNCCC(=O)N1CC[N]CC1. The Bertz CT molecular complexity index is 143. The maximum absolute atomic E-state index is 11.4. The van der Waals surface area contributed by atoms with E-state index < -0.39 is 0 Å². The largest absolute Gasteiger partial charge is 0.340 e. The number of nitrogens with zero attached hydrogens (tertiary/aromatic N) is 2. The van der Waals surface area contributed by atoms with Crippen LogP contribution in [0, 0.1) is 0 Å². The molecule has 0 spiro atoms. The molecular formula is C8H16N3O. The molecule has 1 aliphatic heterocycles. The molecule has 0 atom stereocenters. The molecule has 0 saturated carbocycles. The number of rotatable bonds is 3. The summed E-state index contributed by atoms with van der Waals surface area (Å²) in [7, 11) is 1.86. The Balaban J connectivity index is 2.20. The Kier molecular flexibility index (Phi) is 4.04. The predicted octanol–water partition coefficient (Wildman–Crippen LogP) is -0.957. The minimum atomic E-state index is 0.249. The lowest BCUT2D eigenvalue weighted by molar-refractivity contribution is -0.131. The van der Waals surface area contributed by atoms with E-state index in [9.17, 15) is 4.79 Å². The quantitative estimate of drug-likeness (QED) is 0.593. The summed E-state index contributed by atoms with van der Waals surface area (Å²) in [4.78, 5) is 13.3. The Morgan fingerprint density at radius 1 is 1.50 bits per heavy atom. The Morgan fingerprint density at radius 2 is 2.17 bits per heavy atom. The third kappa shape index (κ3) is 2.79. The van der Waals surface area contributed by atoms with Gasteiger partial charge in [-0.1, -0.05) is 0 Å². The van der Waals surface area contributed by atoms with Crippen molar-refractivity contribution < 1.29 is 4.79 Å². The van der Waals surface area contributed by atoms with Gasteiger partial charge in [0.1, 0.15) is 0 Å². The molecule has 0 aromatic rings. The average Bonchev–Trinajstić information content (AvgIpc) is 2.15. The monoisotopic (exact) mass is 170 g/mol. The standard InChI is InChI=1S/C8H16N3O/c1-9-3-2-8(12)11-6-4-10-5-7-11/h9H,2-7H2,1H3. The smallest absolute Gasteiger partial charge is 0.223 e. The fraction of sp³-hybridized carbons (Fsp3) is 0.875. The number of hydrogen-bond acceptors (Lipinski definition) is 2. The highest BCUT2D eigenvalue weighted by Gasteiger charge is 2.15. The fourth-order valence-electron chi connectivity index (χ4n) is 1.25. The van der Waals surface area contributed by atoms with E-state index in [1.807, 2.05) is 11.9 Å². The Hall–Kier alpha value is -0.610. The highest BCUT2D eigenvalue weighted by atomic mass is 16.2. The van der Waals surface area contributed by atoms with Gasteiger partial charge in [-0.3, -0.25) is 4.79 Å². The summed E-state index contributed by atoms with van der Waals surface area (Å²) in [5.41, 5.74) is 0. The molecule has 0 aromatic heterocycles. The molecule has 0 unspecified atom stereocenters. The van der Waals surface area contributed by atoms with Crippen molar-refractivity contribution in [2.45, 2.75) is 6.42 Å². The molecule has 0 aromatic carbocycles. The summed E-state index contributed by atoms with van der Waals surface area (Å²) < 4.78 is 0. The molecule has 1 saturated heterocycles. The molecule has 69 valence electrons. The van der Waals surface area contributed by atoms with Crippen LogP contribution in [0.25, 0.3) is 0 Å². The van der Waals surface area contributed by atoms with Gasteiger partial charge in [-0.15, -0.1) is 0 Å². The molecule has 1 amide bonds. The van der Waals surface area contributed by atoms with E-state index in [2.05, 4.69) is 10.6 Å². The summed E-state index contributed by atoms with van der Waals surface area (Å²) in [6.07, 6.45) is 0.608. The zero-order chi connectivity index (χ0) is 8.81. The van der Waals surface area contributed by atoms with E-state index in [0.717, 1.165) is 32.7 Å². The maximum atomic E-state index is 11.4. The van der Waals surface area contributed by atoms with Crippen LogP contribution in [0.1, 0.15) is 6.42 Å². The van der Waals surface area contributed by atoms with Crippen molar-refractivity contribution in [3.05, 3.63) is 0 Å². The first-order chi connectivity index (χ1) is 5.84. The molecule has 1 aliphatic rings. The molecule has 0 aliphatic carbocycles. The summed E-state index contributed by atoms with van der Waals surface area (Å²) in [6, 6.07) is 0. The summed E-state index contributed by atoms with van der Waals surface area (Å²) in [5.74, 6) is 0.249. The van der Waals surface area contributed by atoms with Gasteiger partial charge in [0.25, 0.3) is 0 Å². The molecular weight excluding hydrogens is 154 g/mol. The van der Waals surface area contributed by atoms with Crippen LogP contribution in [-0.4, -0.2) is 50.6 Å². The second-order valence-electron chi connectivity index (χ2n) is 2.91. The van der Waals surface area contributed by atoms with E-state index in [0.29, 0.717) is 6.42 Å². The first kappa shape index (κ1) is 9.48. The molecule has 12 heavy (non-hydrogen) atoms. The Morgan fingerprint density at radius 3 is 2.75 bits per heavy atom. The van der Waals surface area contributed by atoms with E-state index in [4.69, 9.17) is 0 Å². The molecule has 1 rings (SSSR count). The van der Waals surface area contributed by atoms with Crippen LogP contribution in [0.4, 0.5) is 0 Å². The number of hydrogen-bond donors (Lipinski definition) is 1. The van der Waals surface area contributed by atoms with Crippen LogP contribution >= 0.6 is 0 Å². The minimum absolute atomic E-state index is 0.249. The maximum Gasteiger partial charge on any atom is 0.223 e. The van der Waals surface area contributed by atoms with Crippen molar-refractivity contribution in [1.29, 1.82) is 0 Å². The molecule has 1 fully saturated rings. The van der Waals surface area contributed by atoms with Crippen LogP contribution < -0.4 is 10.6 Å². The lowest BCUT2D eigenvalue weighted by Crippen LogP contribution is -2.44. The van der Waals surface area contributed by atoms with Gasteiger partial charge in [0.15, 0.2) is 0 Å². The molecule has 4 nitrogen and oxygen atoms in total. The van der Waals surface area contributed by atoms with Gasteiger partial charge in [0.2, 0.25) is 5.91 Å². The van der Waals surface area contributed by atoms with Gasteiger partial charge < -0.3 is 10.2 Å². The van der Waals surface area contributed by atoms with E-state index in [1.54, 1.807) is 0 Å². The molecule has 1 heterocycles. The van der Waals surface area contributed by atoms with Gasteiger partial charge in [0.05, 0.1) is 0 Å². The van der Waals surface area contributed by atoms with Crippen molar-refractivity contribution in [1.82, 2.24) is 15.5 Å². The van der Waals surface area contributed by atoms with Crippen LogP contribution in [0.3, 0.4) is 0 Å². The van der Waals surface area contributed by atoms with Crippen LogP contribution in [-0.2, 0) is 4.79 Å². The average molecular weight is 170 g/mol. The van der Waals surface area contributed by atoms with Gasteiger partial charge in [0, 0.05) is 39.1 Å². The minimum Gasteiger partial charge on any atom is -0.340 e. The zero-order valence-electron chi connectivity index (χ0n) is 7.55. The van der Waals surface area contributed by atoms with Crippen molar-refractivity contribution >= 4 is 5.91 Å². The second-order valence-corrected chi connectivity index (χ2v) is 2.91. The number of carbonyl (C=O) groups excluding carboxylic acids is 1. The van der Waals surface area contributed by atoms with Gasteiger partial charge in [-0.05, 0) is 7.05 Å². The normalized spacial score (nSPS) is 17.9. The van der Waals surface area contributed by atoms with E-state index >= 15 is 0 Å². The first-order valence-electron chi connectivity index (χ1n) is 4.40. The number of amides is 1. The van der Waals surface area contributed by atoms with Gasteiger partial charge >= 0.3 is 0 Å². The topological polar surface area (TPSA) is 46.4 Å². The molecule has 1 N–H and O–H groups in total. The molecule has 0 bridgehead atoms. The number of piperazine rings is 1. The van der Waals surface area contributed by atoms with Crippen LogP contribution in [0.15, 0.2) is 0 Å². The van der Waals surface area contributed by atoms with Crippen LogP contribution in [0.5, 0.6) is 0 Å². The van der Waals surface area contributed by atoms with Crippen molar-refractivity contribution in [2.75, 3.05) is 39.8 Å². The Labute approximate surface area is 73.3 Å². The third-order valence-electron chi connectivity index (χ3n) is 2.00. The van der Waals surface area contributed by atoms with Crippen molar-refractivity contribution in [3.63, 3.8) is 0 Å². The molecule has 4 heteroatoms. The van der Waals surface area contributed by atoms with E-state index in [1.165, 1.54) is 0 Å². The second kappa shape index (κ2) is 5.11. The third-order valence-corrected chi connectivity index (χ3v) is 2.00. The van der Waals surface area contributed by atoms with Crippen LogP contribution in [0.2, 0.25) is 0 Å². The van der Waals surface area contributed by atoms with Crippen molar-refractivity contribution in [3.8, 4) is 0 Å². The highest BCUT2D eigenvalue weighted by molar-refractivity contribution is 5.76. The lowest BCUT2D eigenvalue weighted by atomic mass is 10.3. The predicted molar refractivity (Wildman–Crippen MR) is 47.0 cm³/mol. The van der Waals surface area contributed by atoms with E-state index in [-0.39, 0.29) is 5.91 Å². The lowest BCUT2D eigenvalue weighted by Gasteiger charge is -2.26. The summed E-state index contributed by atoms with van der Waals surface area (Å²) in [5, 5.41) is 7.15. The first-order valence-corrected chi connectivity index (χ1v) is 4.40. The van der Waals surface area contributed by atoms with Crippen molar-refractivity contribution in [2.24, 2.45) is 0 Å². The summed E-state index contributed by atoms with van der Waals surface area (Å²) >= 11 is 0. The zero-order valence-corrected chi connectivity index (χ0v) is 7.55. The van der Waals surface area contributed by atoms with Gasteiger partial charge in [-0.25, -0.2) is 5.32 Å². The fourth-order valence-corrected chi connectivity index (χ4v) is 1.25. The molecule has 1 radical (unpaired) electrons. The number of carbonyl (C=O) groups is 1. The van der Waals surface area contributed by atoms with Gasteiger partial charge in [-0.2, -0.15) is 0 Å².